The first-order valence-electron chi connectivity index (χ1n) is 37.5. The zero-order valence-electron chi connectivity index (χ0n) is 60.3. The number of hydrogen-bond acceptors (Lipinski definition) is 8. The lowest BCUT2D eigenvalue weighted by molar-refractivity contribution is 0.668. The highest BCUT2D eigenvalue weighted by atomic mass is 16.3. The molecule has 6 aromatic heterocycles. The first kappa shape index (κ1) is 65.1. The van der Waals surface area contributed by atoms with Gasteiger partial charge in [0.05, 0.1) is 33.4 Å². The van der Waals surface area contributed by atoms with Crippen molar-refractivity contribution in [3.63, 3.8) is 0 Å². The number of nitrogens with zero attached hydrogens (tertiary/aromatic N) is 8. The van der Waals surface area contributed by atoms with Crippen LogP contribution in [0.3, 0.4) is 0 Å². The highest BCUT2D eigenvalue weighted by Crippen LogP contribution is 2.44. The lowest BCUT2D eigenvalue weighted by Gasteiger charge is -2.16. The smallest absolute Gasteiger partial charge is 0.164 e. The molecule has 16 aromatic carbocycles. The second-order valence-corrected chi connectivity index (χ2v) is 28.1. The molecule has 22 rings (SSSR count). The first-order chi connectivity index (χ1) is 55.5. The fourth-order valence-electron chi connectivity index (χ4n) is 15.9. The summed E-state index contributed by atoms with van der Waals surface area (Å²) in [6, 6.07) is 135. The van der Waals surface area contributed by atoms with Crippen molar-refractivity contribution in [2.45, 2.75) is 0 Å². The summed E-state index contributed by atoms with van der Waals surface area (Å²) in [7, 11) is 0. The molecule has 0 aliphatic heterocycles. The summed E-state index contributed by atoms with van der Waals surface area (Å²) >= 11 is 0. The van der Waals surface area contributed by atoms with Crippen molar-refractivity contribution in [2.75, 3.05) is 0 Å². The highest BCUT2D eigenvalue weighted by Gasteiger charge is 2.24. The minimum atomic E-state index is 0.615. The third kappa shape index (κ3) is 11.7. The maximum atomic E-state index is 6.15. The molecule has 0 bridgehead atoms. The van der Waals surface area contributed by atoms with Gasteiger partial charge in [0.2, 0.25) is 0 Å². The zero-order chi connectivity index (χ0) is 74.0. The van der Waals surface area contributed by atoms with Gasteiger partial charge in [0.15, 0.2) is 34.9 Å². The summed E-state index contributed by atoms with van der Waals surface area (Å²) in [5.41, 5.74) is 24.8. The van der Waals surface area contributed by atoms with Crippen molar-refractivity contribution in [3.8, 4) is 124 Å². The summed E-state index contributed by atoms with van der Waals surface area (Å²) in [5.74, 6) is 3.78. The van der Waals surface area contributed by atoms with E-state index in [2.05, 4.69) is 252 Å². The topological polar surface area (TPSA) is 113 Å². The van der Waals surface area contributed by atoms with Crippen LogP contribution in [0.2, 0.25) is 0 Å². The Balaban J connectivity index is 0.000000141. The normalized spacial score (nSPS) is 11.6. The van der Waals surface area contributed by atoms with Crippen LogP contribution in [-0.2, 0) is 0 Å². The molecular formula is C102H64N8O2. The summed E-state index contributed by atoms with van der Waals surface area (Å²) in [6.07, 6.45) is 0. The van der Waals surface area contributed by atoms with Crippen molar-refractivity contribution in [3.05, 3.63) is 388 Å². The zero-order valence-corrected chi connectivity index (χ0v) is 60.3. The van der Waals surface area contributed by atoms with Crippen LogP contribution in [0, 0.1) is 0 Å². The van der Waals surface area contributed by atoms with Crippen molar-refractivity contribution in [1.29, 1.82) is 0 Å². The maximum absolute atomic E-state index is 6.15. The van der Waals surface area contributed by atoms with Crippen LogP contribution in [-0.4, -0.2) is 39.0 Å². The molecule has 0 radical (unpaired) electrons. The van der Waals surface area contributed by atoms with Crippen LogP contribution >= 0.6 is 0 Å². The van der Waals surface area contributed by atoms with E-state index in [-0.39, 0.29) is 0 Å². The minimum absolute atomic E-state index is 0.615. The number of aromatic nitrogens is 8. The number of rotatable bonds is 12. The molecule has 10 nitrogen and oxygen atoms in total. The van der Waals surface area contributed by atoms with Gasteiger partial charge >= 0.3 is 0 Å². The number of fused-ring (bicyclic) bond motifs is 12. The molecule has 0 saturated heterocycles. The maximum Gasteiger partial charge on any atom is 0.164 e. The molecule has 6 heterocycles. The molecule has 0 aliphatic rings. The van der Waals surface area contributed by atoms with Gasteiger partial charge in [-0.2, -0.15) is 0 Å². The van der Waals surface area contributed by atoms with Gasteiger partial charge in [-0.15, -0.1) is 0 Å². The minimum Gasteiger partial charge on any atom is -0.456 e. The predicted octanol–water partition coefficient (Wildman–Crippen LogP) is 26.4. The quantitative estimate of drug-likeness (QED) is 0.119. The molecule has 0 fully saturated rings. The molecule has 112 heavy (non-hydrogen) atoms. The lowest BCUT2D eigenvalue weighted by Crippen LogP contribution is -2.02. The van der Waals surface area contributed by atoms with Gasteiger partial charge in [0.25, 0.3) is 0 Å². The van der Waals surface area contributed by atoms with Crippen LogP contribution in [0.5, 0.6) is 0 Å². The Hall–Kier alpha value is -15.3. The van der Waals surface area contributed by atoms with E-state index in [1.54, 1.807) is 0 Å². The second kappa shape index (κ2) is 27.5. The van der Waals surface area contributed by atoms with Gasteiger partial charge in [-0.3, -0.25) is 0 Å². The van der Waals surface area contributed by atoms with Gasteiger partial charge in [-0.25, -0.2) is 29.9 Å². The molecule has 0 atom stereocenters. The summed E-state index contributed by atoms with van der Waals surface area (Å²) < 4.78 is 17.1. The summed E-state index contributed by atoms with van der Waals surface area (Å²) in [6.45, 7) is 0. The van der Waals surface area contributed by atoms with E-state index in [9.17, 15) is 0 Å². The van der Waals surface area contributed by atoms with E-state index in [1.807, 2.05) is 146 Å². The van der Waals surface area contributed by atoms with Gasteiger partial charge in [-0.05, 0) is 130 Å². The number of hydrogen-bond donors (Lipinski definition) is 0. The van der Waals surface area contributed by atoms with Crippen LogP contribution in [0.25, 0.3) is 212 Å². The van der Waals surface area contributed by atoms with Crippen molar-refractivity contribution in [2.24, 2.45) is 0 Å². The Morgan fingerprint density at radius 3 is 0.866 bits per heavy atom. The average Bonchev–Trinajstić information content (AvgIpc) is 1.63. The molecule has 0 unspecified atom stereocenters. The Morgan fingerprint density at radius 1 is 0.161 bits per heavy atom. The Morgan fingerprint density at radius 2 is 0.446 bits per heavy atom. The van der Waals surface area contributed by atoms with Crippen LogP contribution in [0.1, 0.15) is 0 Å². The molecule has 0 spiro atoms. The second-order valence-electron chi connectivity index (χ2n) is 28.1. The van der Waals surface area contributed by atoms with E-state index >= 15 is 0 Å². The Bertz CT molecular complexity index is 7250. The molecule has 22 aromatic rings. The lowest BCUT2D eigenvalue weighted by atomic mass is 9.99. The van der Waals surface area contributed by atoms with Gasteiger partial charge in [-0.1, -0.05) is 291 Å². The molecular weight excluding hydrogens is 1370 g/mol. The number of para-hydroxylation sites is 4. The fourth-order valence-corrected chi connectivity index (χ4v) is 15.9. The van der Waals surface area contributed by atoms with Crippen LogP contribution < -0.4 is 0 Å². The molecule has 0 N–H and O–H groups in total. The monoisotopic (exact) mass is 1430 g/mol. The number of benzene rings is 16. The molecule has 0 aliphatic carbocycles. The Kier molecular flexibility index (Phi) is 16.0. The molecule has 0 saturated carbocycles. The van der Waals surface area contributed by atoms with Gasteiger partial charge in [0, 0.05) is 87.6 Å². The molecule has 524 valence electrons. The fraction of sp³-hybridized carbons (Fsp3) is 0. The molecule has 10 heteroatoms. The van der Waals surface area contributed by atoms with Crippen LogP contribution in [0.4, 0.5) is 0 Å². The average molecular weight is 1430 g/mol. The van der Waals surface area contributed by atoms with Gasteiger partial charge < -0.3 is 18.0 Å². The van der Waals surface area contributed by atoms with Gasteiger partial charge in [0.1, 0.15) is 22.3 Å². The summed E-state index contributed by atoms with van der Waals surface area (Å²) in [4.78, 5) is 30.2. The SMILES string of the molecule is c1ccc(-c2nc(-c3ccccc3)nc(-c3ccc(-c4ccccc4)c(-n4c5ccccc5c5cc(-c6ccc7oc8ccccc8c7c6)ccc54)c3)n2)cc1.c1ccc(-c2nc(-c3ccccc3)nc(-c3ccc(-n4c5ccccc5c5cc(-c6ccc7oc8ccccc8c7c6)ccc54)c(-c4ccccc4)c3)n2)cc1. The summed E-state index contributed by atoms with van der Waals surface area (Å²) in [5, 5.41) is 9.24. The predicted molar refractivity (Wildman–Crippen MR) is 457 cm³/mol. The molecule has 0 amide bonds. The first-order valence-corrected chi connectivity index (χ1v) is 37.5. The third-order valence-corrected chi connectivity index (χ3v) is 21.3. The highest BCUT2D eigenvalue weighted by molar-refractivity contribution is 6.14. The largest absolute Gasteiger partial charge is 0.456 e. The van der Waals surface area contributed by atoms with E-state index in [0.717, 1.165) is 155 Å². The van der Waals surface area contributed by atoms with Crippen molar-refractivity contribution < 1.29 is 8.83 Å². The van der Waals surface area contributed by atoms with E-state index in [1.165, 1.54) is 21.5 Å². The van der Waals surface area contributed by atoms with E-state index in [0.29, 0.717) is 34.9 Å². The van der Waals surface area contributed by atoms with E-state index < -0.39 is 0 Å². The van der Waals surface area contributed by atoms with Crippen molar-refractivity contribution in [1.82, 2.24) is 39.0 Å². The van der Waals surface area contributed by atoms with Crippen molar-refractivity contribution >= 4 is 87.5 Å². The Labute approximate surface area is 643 Å². The third-order valence-electron chi connectivity index (χ3n) is 21.3. The standard InChI is InChI=1S/2C51H32N4O/c1-4-14-33(15-5-1)39-27-24-38(51-53-49(34-16-6-2-7-17-34)52-50(54-51)35-18-8-3-9-19-35)32-46(39)55-44-22-12-10-20-40(44)42-30-36(25-28-45(42)55)37-26-29-48-43(31-37)41-21-11-13-23-47(41)56-48;1-4-14-33(15-5-1)41-32-38(51-53-49(34-16-6-2-7-17-34)52-50(54-51)35-18-8-3-9-19-35)25-28-45(41)55-44-22-12-10-20-39(44)42-30-36(24-27-46(42)55)37-26-29-48-43(31-37)40-21-11-13-23-47(40)56-48/h2*1-32H. The van der Waals surface area contributed by atoms with Crippen LogP contribution in [0.15, 0.2) is 397 Å². The number of furan rings is 2. The van der Waals surface area contributed by atoms with E-state index in [4.69, 9.17) is 38.7 Å².